The van der Waals surface area contributed by atoms with Crippen LogP contribution in [-0.2, 0) is 0 Å². The van der Waals surface area contributed by atoms with Crippen LogP contribution in [0.5, 0.6) is 0 Å². The quantitative estimate of drug-likeness (QED) is 0.789. The van der Waals surface area contributed by atoms with Gasteiger partial charge in [0.25, 0.3) is 5.91 Å². The van der Waals surface area contributed by atoms with Gasteiger partial charge in [0.1, 0.15) is 0 Å². The zero-order valence-corrected chi connectivity index (χ0v) is 9.86. The summed E-state index contributed by atoms with van der Waals surface area (Å²) in [5, 5.41) is 11.7. The maximum Gasteiger partial charge on any atom is 0.289 e. The van der Waals surface area contributed by atoms with Gasteiger partial charge in [0, 0.05) is 12.6 Å². The molecule has 5 heteroatoms. The first kappa shape index (κ1) is 12.7. The molecule has 1 amide bonds. The molecule has 0 saturated heterocycles. The molecule has 1 rings (SSSR count). The fourth-order valence-electron chi connectivity index (χ4n) is 1.47. The van der Waals surface area contributed by atoms with E-state index in [1.54, 1.807) is 6.92 Å². The average molecular weight is 226 g/mol. The minimum atomic E-state index is -0.276. The van der Waals surface area contributed by atoms with Crippen molar-refractivity contribution in [3.8, 4) is 0 Å². The first-order valence-corrected chi connectivity index (χ1v) is 5.38. The minimum absolute atomic E-state index is 0.0537. The van der Waals surface area contributed by atoms with Crippen molar-refractivity contribution in [3.63, 3.8) is 0 Å². The van der Waals surface area contributed by atoms with E-state index in [1.165, 1.54) is 6.39 Å². The second-order valence-electron chi connectivity index (χ2n) is 4.10. The first-order chi connectivity index (χ1) is 7.56. The number of aryl methyl sites for hydroxylation is 1. The van der Waals surface area contributed by atoms with E-state index in [0.717, 1.165) is 0 Å². The van der Waals surface area contributed by atoms with Crippen LogP contribution in [0.1, 0.15) is 36.5 Å². The monoisotopic (exact) mass is 226 g/mol. The topological polar surface area (TPSA) is 75.4 Å². The summed E-state index contributed by atoms with van der Waals surface area (Å²) in [6.45, 7) is 5.76. The summed E-state index contributed by atoms with van der Waals surface area (Å²) < 4.78 is 5.00. The van der Waals surface area contributed by atoms with Gasteiger partial charge < -0.3 is 14.8 Å². The van der Waals surface area contributed by atoms with Crippen molar-refractivity contribution in [2.75, 3.05) is 6.61 Å². The Morgan fingerprint density at radius 1 is 1.62 bits per heavy atom. The smallest absolute Gasteiger partial charge is 0.289 e. The molecule has 0 aliphatic carbocycles. The van der Waals surface area contributed by atoms with Gasteiger partial charge in [0.05, 0.1) is 5.69 Å². The van der Waals surface area contributed by atoms with Gasteiger partial charge in [0.2, 0.25) is 5.76 Å². The third-order valence-corrected chi connectivity index (χ3v) is 2.51. The number of carbonyl (C=O) groups is 1. The van der Waals surface area contributed by atoms with Crippen molar-refractivity contribution in [2.24, 2.45) is 5.92 Å². The van der Waals surface area contributed by atoms with Crippen LogP contribution in [0, 0.1) is 12.8 Å². The van der Waals surface area contributed by atoms with Crippen molar-refractivity contribution in [2.45, 2.75) is 33.2 Å². The van der Waals surface area contributed by atoms with E-state index < -0.39 is 0 Å². The lowest BCUT2D eigenvalue weighted by atomic mass is 10.0. The van der Waals surface area contributed by atoms with E-state index >= 15 is 0 Å². The van der Waals surface area contributed by atoms with Gasteiger partial charge in [-0.05, 0) is 19.3 Å². The number of hydrogen-bond donors (Lipinski definition) is 2. The molecule has 1 aromatic rings. The highest BCUT2D eigenvalue weighted by molar-refractivity contribution is 5.92. The minimum Gasteiger partial charge on any atom is -0.438 e. The van der Waals surface area contributed by atoms with E-state index in [2.05, 4.69) is 10.3 Å². The van der Waals surface area contributed by atoms with Crippen LogP contribution >= 0.6 is 0 Å². The van der Waals surface area contributed by atoms with E-state index in [4.69, 9.17) is 9.52 Å². The Hall–Kier alpha value is -1.36. The third kappa shape index (κ3) is 3.06. The highest BCUT2D eigenvalue weighted by atomic mass is 16.3. The molecule has 1 heterocycles. The van der Waals surface area contributed by atoms with E-state index in [9.17, 15) is 4.79 Å². The number of aliphatic hydroxyl groups excluding tert-OH is 1. The summed E-state index contributed by atoms with van der Waals surface area (Å²) in [6, 6.07) is -0.0537. The van der Waals surface area contributed by atoms with Crippen LogP contribution in [-0.4, -0.2) is 28.6 Å². The number of rotatable bonds is 5. The van der Waals surface area contributed by atoms with Crippen molar-refractivity contribution in [1.29, 1.82) is 0 Å². The van der Waals surface area contributed by atoms with Crippen LogP contribution < -0.4 is 5.32 Å². The number of aliphatic hydroxyl groups is 1. The summed E-state index contributed by atoms with van der Waals surface area (Å²) in [7, 11) is 0. The first-order valence-electron chi connectivity index (χ1n) is 5.38. The summed E-state index contributed by atoms with van der Waals surface area (Å²) in [6.07, 6.45) is 1.79. The van der Waals surface area contributed by atoms with Crippen molar-refractivity contribution in [1.82, 2.24) is 10.3 Å². The number of nitrogens with zero attached hydrogens (tertiary/aromatic N) is 1. The molecule has 0 aliphatic rings. The van der Waals surface area contributed by atoms with Crippen LogP contribution in [0.4, 0.5) is 0 Å². The van der Waals surface area contributed by atoms with Gasteiger partial charge in [-0.25, -0.2) is 4.98 Å². The Kier molecular flexibility index (Phi) is 4.49. The predicted molar refractivity (Wildman–Crippen MR) is 59.0 cm³/mol. The molecule has 2 N–H and O–H groups in total. The lowest BCUT2D eigenvalue weighted by Crippen LogP contribution is -2.39. The zero-order chi connectivity index (χ0) is 12.1. The number of amides is 1. The largest absolute Gasteiger partial charge is 0.438 e. The lowest BCUT2D eigenvalue weighted by molar-refractivity contribution is 0.0887. The summed E-state index contributed by atoms with van der Waals surface area (Å²) >= 11 is 0. The maximum absolute atomic E-state index is 11.8. The molecule has 90 valence electrons. The average Bonchev–Trinajstić information content (AvgIpc) is 2.63. The molecule has 1 unspecified atom stereocenters. The Morgan fingerprint density at radius 2 is 2.31 bits per heavy atom. The zero-order valence-electron chi connectivity index (χ0n) is 9.86. The van der Waals surface area contributed by atoms with Gasteiger partial charge in [-0.15, -0.1) is 0 Å². The summed E-state index contributed by atoms with van der Waals surface area (Å²) in [5.41, 5.74) is 0.573. The van der Waals surface area contributed by atoms with Crippen LogP contribution in [0.15, 0.2) is 10.8 Å². The van der Waals surface area contributed by atoms with E-state index in [0.29, 0.717) is 12.1 Å². The number of aromatic nitrogens is 1. The SMILES string of the molecule is Cc1ncoc1C(=O)NC(CCO)C(C)C. The molecule has 0 radical (unpaired) electrons. The van der Waals surface area contributed by atoms with Crippen LogP contribution in [0.3, 0.4) is 0 Å². The second kappa shape index (κ2) is 5.65. The van der Waals surface area contributed by atoms with E-state index in [1.807, 2.05) is 13.8 Å². The highest BCUT2D eigenvalue weighted by Crippen LogP contribution is 2.09. The van der Waals surface area contributed by atoms with Crippen molar-refractivity contribution in [3.05, 3.63) is 17.8 Å². The fraction of sp³-hybridized carbons (Fsp3) is 0.636. The molecular weight excluding hydrogens is 208 g/mol. The van der Waals surface area contributed by atoms with Gasteiger partial charge in [-0.1, -0.05) is 13.8 Å². The number of carbonyl (C=O) groups excluding carboxylic acids is 1. The van der Waals surface area contributed by atoms with Gasteiger partial charge in [0.15, 0.2) is 6.39 Å². The fourth-order valence-corrected chi connectivity index (χ4v) is 1.47. The normalized spacial score (nSPS) is 12.8. The van der Waals surface area contributed by atoms with Crippen molar-refractivity contribution >= 4 is 5.91 Å². The maximum atomic E-state index is 11.8. The lowest BCUT2D eigenvalue weighted by Gasteiger charge is -2.20. The molecule has 0 bridgehead atoms. The van der Waals surface area contributed by atoms with Crippen molar-refractivity contribution < 1.29 is 14.3 Å². The summed E-state index contributed by atoms with van der Waals surface area (Å²) in [4.78, 5) is 15.6. The predicted octanol–water partition coefficient (Wildman–Crippen LogP) is 1.12. The van der Waals surface area contributed by atoms with Crippen LogP contribution in [0.25, 0.3) is 0 Å². The molecule has 1 aromatic heterocycles. The Morgan fingerprint density at radius 3 is 2.75 bits per heavy atom. The second-order valence-corrected chi connectivity index (χ2v) is 4.10. The molecule has 16 heavy (non-hydrogen) atoms. The van der Waals surface area contributed by atoms with Gasteiger partial charge in [-0.3, -0.25) is 4.79 Å². The van der Waals surface area contributed by atoms with Crippen LogP contribution in [0.2, 0.25) is 0 Å². The number of hydrogen-bond acceptors (Lipinski definition) is 4. The number of oxazole rings is 1. The molecule has 0 fully saturated rings. The molecule has 5 nitrogen and oxygen atoms in total. The Labute approximate surface area is 94.9 Å². The molecular formula is C11H18N2O3. The highest BCUT2D eigenvalue weighted by Gasteiger charge is 2.20. The number of nitrogens with one attached hydrogen (secondary N) is 1. The molecule has 0 aliphatic heterocycles. The van der Waals surface area contributed by atoms with E-state index in [-0.39, 0.29) is 30.2 Å². The Bertz CT molecular complexity index is 347. The molecule has 0 aromatic carbocycles. The Balaban J connectivity index is 2.65. The third-order valence-electron chi connectivity index (χ3n) is 2.51. The summed E-state index contributed by atoms with van der Waals surface area (Å²) in [5.74, 6) is 0.227. The molecule has 0 saturated carbocycles. The van der Waals surface area contributed by atoms with Gasteiger partial charge >= 0.3 is 0 Å². The standard InChI is InChI=1S/C11H18N2O3/c1-7(2)9(4-5-14)13-11(15)10-8(3)12-6-16-10/h6-7,9,14H,4-5H2,1-3H3,(H,13,15). The van der Waals surface area contributed by atoms with Gasteiger partial charge in [-0.2, -0.15) is 0 Å². The molecule has 0 spiro atoms. The molecule has 1 atom stereocenters.